The minimum absolute atomic E-state index is 0.176. The Hall–Kier alpha value is -3.34. The summed E-state index contributed by atoms with van der Waals surface area (Å²) in [7, 11) is -0.0486. The van der Waals surface area contributed by atoms with E-state index in [9.17, 15) is 13.2 Å². The van der Waals surface area contributed by atoms with Gasteiger partial charge in [-0.2, -0.15) is 0 Å². The van der Waals surface area contributed by atoms with Crippen LogP contribution in [0.25, 0.3) is 0 Å². The van der Waals surface area contributed by atoms with Crippen molar-refractivity contribution >= 4 is 29.1 Å². The van der Waals surface area contributed by atoms with Gasteiger partial charge in [-0.1, -0.05) is 30.3 Å². The van der Waals surface area contributed by atoms with Gasteiger partial charge in [-0.3, -0.25) is 4.79 Å². The first-order chi connectivity index (χ1) is 18.3. The molecule has 0 radical (unpaired) electrons. The van der Waals surface area contributed by atoms with Crippen molar-refractivity contribution < 1.29 is 27.6 Å². The summed E-state index contributed by atoms with van der Waals surface area (Å²) in [5.74, 6) is 0.909. The van der Waals surface area contributed by atoms with Crippen LogP contribution in [0, 0.1) is 0 Å². The number of anilines is 1. The smallest absolute Gasteiger partial charge is 0.504 e. The van der Waals surface area contributed by atoms with Crippen LogP contribution in [0.5, 0.6) is 11.5 Å². The lowest BCUT2D eigenvalue weighted by Crippen LogP contribution is -2.18. The zero-order valence-corrected chi connectivity index (χ0v) is 22.5. The predicted octanol–water partition coefficient (Wildman–Crippen LogP) is 3.47. The lowest BCUT2D eigenvalue weighted by Gasteiger charge is -2.17. The molecule has 0 atom stereocenters. The Labute approximate surface area is 224 Å². The molecule has 0 aromatic heterocycles. The topological polar surface area (TPSA) is 105 Å². The van der Waals surface area contributed by atoms with Crippen LogP contribution in [0.2, 0.25) is 0 Å². The number of hydrogen-bond donors (Lipinski definition) is 2. The van der Waals surface area contributed by atoms with Crippen molar-refractivity contribution in [2.24, 2.45) is 0 Å². The minimum Gasteiger partial charge on any atom is -0.539 e. The summed E-state index contributed by atoms with van der Waals surface area (Å²) >= 11 is 0. The lowest BCUT2D eigenvalue weighted by molar-refractivity contribution is -0.116. The molecule has 3 aromatic rings. The van der Waals surface area contributed by atoms with E-state index in [-0.39, 0.29) is 17.6 Å². The largest absolute Gasteiger partial charge is 0.539 e. The van der Waals surface area contributed by atoms with Crippen molar-refractivity contribution in [2.45, 2.75) is 49.0 Å². The second-order valence-electron chi connectivity index (χ2n) is 9.67. The first kappa shape index (κ1) is 27.7. The van der Waals surface area contributed by atoms with Crippen LogP contribution in [0.1, 0.15) is 36.0 Å². The summed E-state index contributed by atoms with van der Waals surface area (Å²) in [5.41, 5.74) is 3.03. The molecule has 10 heteroatoms. The van der Waals surface area contributed by atoms with Crippen LogP contribution < -0.4 is 14.7 Å². The molecule has 8 nitrogen and oxygen atoms in total. The van der Waals surface area contributed by atoms with Crippen molar-refractivity contribution in [3.05, 3.63) is 83.4 Å². The van der Waals surface area contributed by atoms with E-state index in [4.69, 9.17) is 14.4 Å². The van der Waals surface area contributed by atoms with Gasteiger partial charge in [0, 0.05) is 18.7 Å². The first-order valence-corrected chi connectivity index (χ1v) is 14.2. The van der Waals surface area contributed by atoms with Gasteiger partial charge in [0.15, 0.2) is 9.84 Å². The average Bonchev–Trinajstić information content (AvgIpc) is 3.74. The molecule has 200 valence electrons. The summed E-state index contributed by atoms with van der Waals surface area (Å²) in [6.07, 6.45) is 1.96. The predicted molar refractivity (Wildman–Crippen MR) is 148 cm³/mol. The van der Waals surface area contributed by atoms with E-state index in [1.807, 2.05) is 49.3 Å². The molecule has 0 bridgehead atoms. The molecule has 1 aliphatic rings. The summed E-state index contributed by atoms with van der Waals surface area (Å²) in [6, 6.07) is 20.0. The second-order valence-corrected chi connectivity index (χ2v) is 11.9. The molecule has 4 rings (SSSR count). The quantitative estimate of drug-likeness (QED) is 0.323. The number of ether oxygens (including phenoxy) is 1. The van der Waals surface area contributed by atoms with Crippen LogP contribution in [0.15, 0.2) is 71.6 Å². The van der Waals surface area contributed by atoms with Crippen LogP contribution in [0.4, 0.5) is 5.69 Å². The molecular formula is C28H33BN2O6S. The Kier molecular flexibility index (Phi) is 9.09. The van der Waals surface area contributed by atoms with E-state index in [1.165, 1.54) is 0 Å². The summed E-state index contributed by atoms with van der Waals surface area (Å²) in [6.45, 7) is 0.829. The van der Waals surface area contributed by atoms with Gasteiger partial charge >= 0.3 is 7.69 Å². The van der Waals surface area contributed by atoms with Crippen LogP contribution >= 0.6 is 0 Å². The van der Waals surface area contributed by atoms with Gasteiger partial charge in [-0.05, 0) is 86.4 Å². The van der Waals surface area contributed by atoms with Crippen molar-refractivity contribution in [1.29, 1.82) is 0 Å². The fourth-order valence-electron chi connectivity index (χ4n) is 4.22. The van der Waals surface area contributed by atoms with Gasteiger partial charge in [0.05, 0.1) is 10.1 Å². The summed E-state index contributed by atoms with van der Waals surface area (Å²) < 4.78 is 37.0. The van der Waals surface area contributed by atoms with E-state index in [0.29, 0.717) is 60.1 Å². The van der Waals surface area contributed by atoms with Crippen molar-refractivity contribution in [3.63, 3.8) is 0 Å². The molecule has 0 spiro atoms. The van der Waals surface area contributed by atoms with Crippen molar-refractivity contribution in [3.8, 4) is 11.5 Å². The Morgan fingerprint density at radius 3 is 2.50 bits per heavy atom. The normalized spacial score (nSPS) is 13.3. The second kappa shape index (κ2) is 12.5. The molecule has 0 saturated heterocycles. The zero-order chi connectivity index (χ0) is 27.1. The van der Waals surface area contributed by atoms with Crippen LogP contribution in [-0.2, 0) is 34.2 Å². The highest BCUT2D eigenvalue weighted by Crippen LogP contribution is 2.36. The number of nitrogens with one attached hydrogen (secondary N) is 1. The van der Waals surface area contributed by atoms with Gasteiger partial charge in [-0.15, -0.1) is 0 Å². The molecule has 1 saturated carbocycles. The van der Waals surface area contributed by atoms with Gasteiger partial charge < -0.3 is 24.6 Å². The van der Waals surface area contributed by atoms with Crippen molar-refractivity contribution in [1.82, 2.24) is 4.90 Å². The Bertz CT molecular complexity index is 1360. The Morgan fingerprint density at radius 1 is 1.05 bits per heavy atom. The molecule has 1 amide bonds. The number of nitrogens with zero attached hydrogens (tertiary/aromatic N) is 1. The summed E-state index contributed by atoms with van der Waals surface area (Å²) in [4.78, 5) is 15.1. The highest BCUT2D eigenvalue weighted by atomic mass is 32.2. The lowest BCUT2D eigenvalue weighted by atomic mass is 10.1. The fraction of sp³-hybridized carbons (Fsp3) is 0.321. The number of benzene rings is 3. The van der Waals surface area contributed by atoms with E-state index >= 15 is 0 Å². The third-order valence-electron chi connectivity index (χ3n) is 6.22. The van der Waals surface area contributed by atoms with E-state index in [0.717, 1.165) is 11.1 Å². The number of sulfone groups is 1. The number of rotatable bonds is 13. The standard InChI is InChI=1S/C28H33BN2O6S/c1-31(2)18-22-16-23(9-14-27(22)38(34,35)25-11-12-25)30-28(32)15-8-21-17-24(37-29-33)10-13-26(21)36-19-20-6-4-3-5-7-20/h3-7,9-10,13-14,16-17,25,29,33H,8,11-12,15,18-19H2,1-2H3,(H,30,32). The van der Waals surface area contributed by atoms with Crippen LogP contribution in [-0.4, -0.2) is 51.3 Å². The van der Waals surface area contributed by atoms with E-state index in [1.54, 1.807) is 36.4 Å². The number of carbonyl (C=O) groups excluding carboxylic acids is 1. The highest BCUT2D eigenvalue weighted by Gasteiger charge is 2.38. The fourth-order valence-corrected chi connectivity index (χ4v) is 6.08. The Morgan fingerprint density at radius 2 is 1.82 bits per heavy atom. The third-order valence-corrected chi connectivity index (χ3v) is 8.58. The van der Waals surface area contributed by atoms with Gasteiger partial charge in [0.1, 0.15) is 18.1 Å². The number of amides is 1. The van der Waals surface area contributed by atoms with E-state index < -0.39 is 17.5 Å². The Balaban J connectivity index is 1.45. The van der Waals surface area contributed by atoms with E-state index in [2.05, 4.69) is 5.32 Å². The van der Waals surface area contributed by atoms with Crippen molar-refractivity contribution in [2.75, 3.05) is 19.4 Å². The van der Waals surface area contributed by atoms with Crippen LogP contribution in [0.3, 0.4) is 0 Å². The average molecular weight is 536 g/mol. The van der Waals surface area contributed by atoms with Gasteiger partial charge in [0.25, 0.3) is 0 Å². The molecule has 38 heavy (non-hydrogen) atoms. The number of carbonyl (C=O) groups is 1. The third kappa shape index (κ3) is 7.37. The van der Waals surface area contributed by atoms with Gasteiger partial charge in [-0.25, -0.2) is 8.42 Å². The SMILES string of the molecule is CN(C)Cc1cc(NC(=O)CCc2cc(OBO)ccc2OCc2ccccc2)ccc1S(=O)(=O)C1CC1. The molecular weight excluding hydrogens is 503 g/mol. The molecule has 1 aliphatic carbocycles. The van der Waals surface area contributed by atoms with Gasteiger partial charge in [0.2, 0.25) is 5.91 Å². The number of hydrogen-bond acceptors (Lipinski definition) is 7. The molecule has 0 aliphatic heterocycles. The highest BCUT2D eigenvalue weighted by molar-refractivity contribution is 7.92. The maximum absolute atomic E-state index is 12.9. The molecule has 2 N–H and O–H groups in total. The number of aryl methyl sites for hydroxylation is 1. The molecule has 0 heterocycles. The first-order valence-electron chi connectivity index (χ1n) is 12.6. The monoisotopic (exact) mass is 536 g/mol. The summed E-state index contributed by atoms with van der Waals surface area (Å²) in [5, 5.41) is 11.7. The maximum Gasteiger partial charge on any atom is 0.504 e. The molecule has 0 unspecified atom stereocenters. The minimum atomic E-state index is -3.36. The zero-order valence-electron chi connectivity index (χ0n) is 21.7. The molecule has 1 fully saturated rings. The molecule has 3 aromatic carbocycles. The maximum atomic E-state index is 12.9.